The summed E-state index contributed by atoms with van der Waals surface area (Å²) >= 11 is 0. The van der Waals surface area contributed by atoms with Crippen LogP contribution in [0.5, 0.6) is 0 Å². The van der Waals surface area contributed by atoms with Crippen LogP contribution in [0, 0.1) is 0 Å². The van der Waals surface area contributed by atoms with E-state index in [9.17, 15) is 0 Å². The highest BCUT2D eigenvalue weighted by Crippen LogP contribution is 2.34. The Labute approximate surface area is 68.3 Å². The van der Waals surface area contributed by atoms with Gasteiger partial charge in [-0.15, -0.1) is 0 Å². The summed E-state index contributed by atoms with van der Waals surface area (Å²) in [7, 11) is 0. The zero-order chi connectivity index (χ0) is 7.68. The average molecular weight is 146 g/mol. The Kier molecular flexibility index (Phi) is 1.69. The topological polar surface area (TPSA) is 0 Å². The average Bonchev–Trinajstić information content (AvgIpc) is 2.47. The van der Waals surface area contributed by atoms with Gasteiger partial charge in [-0.05, 0) is 36.3 Å². The molecule has 0 aliphatic heterocycles. The van der Waals surface area contributed by atoms with Crippen LogP contribution in [0.15, 0.2) is 24.3 Å². The summed E-state index contributed by atoms with van der Waals surface area (Å²) in [5.74, 6) is 0.853. The van der Waals surface area contributed by atoms with Crippen LogP contribution in [0.2, 0.25) is 0 Å². The molecule has 1 aromatic rings. The predicted octanol–water partition coefficient (Wildman–Crippen LogP) is 3.13. The molecule has 0 nitrogen and oxygen atoms in total. The van der Waals surface area contributed by atoms with E-state index in [0.717, 1.165) is 5.92 Å². The molecular formula is C11H14. The lowest BCUT2D eigenvalue weighted by Gasteiger charge is -2.06. The number of aryl methyl sites for hydroxylation is 1. The first kappa shape index (κ1) is 6.90. The van der Waals surface area contributed by atoms with Gasteiger partial charge in [-0.3, -0.25) is 0 Å². The van der Waals surface area contributed by atoms with Gasteiger partial charge in [-0.1, -0.05) is 31.2 Å². The van der Waals surface area contributed by atoms with Crippen molar-refractivity contribution in [1.29, 1.82) is 0 Å². The minimum Gasteiger partial charge on any atom is -0.0648 e. The molecule has 0 saturated carbocycles. The van der Waals surface area contributed by atoms with Gasteiger partial charge in [0.1, 0.15) is 0 Å². The molecule has 11 heavy (non-hydrogen) atoms. The molecule has 0 radical (unpaired) electrons. The van der Waals surface area contributed by atoms with Gasteiger partial charge in [0.05, 0.1) is 0 Å². The fourth-order valence-corrected chi connectivity index (χ4v) is 2.07. The van der Waals surface area contributed by atoms with Gasteiger partial charge in [0.15, 0.2) is 0 Å². The first-order valence-corrected chi connectivity index (χ1v) is 4.49. The fourth-order valence-electron chi connectivity index (χ4n) is 2.07. The van der Waals surface area contributed by atoms with Crippen molar-refractivity contribution >= 4 is 0 Å². The Morgan fingerprint density at radius 1 is 1.36 bits per heavy atom. The molecule has 1 aliphatic carbocycles. The Morgan fingerprint density at radius 3 is 3.00 bits per heavy atom. The van der Waals surface area contributed by atoms with Crippen LogP contribution in [0.25, 0.3) is 0 Å². The number of hydrogen-bond donors (Lipinski definition) is 0. The van der Waals surface area contributed by atoms with Crippen molar-refractivity contribution in [3.8, 4) is 0 Å². The molecule has 1 atom stereocenters. The van der Waals surface area contributed by atoms with E-state index in [1.807, 2.05) is 0 Å². The molecule has 0 fully saturated rings. The third kappa shape index (κ3) is 1.07. The zero-order valence-electron chi connectivity index (χ0n) is 7.01. The van der Waals surface area contributed by atoms with Gasteiger partial charge in [0.2, 0.25) is 0 Å². The van der Waals surface area contributed by atoms with Crippen molar-refractivity contribution in [1.82, 2.24) is 0 Å². The summed E-state index contributed by atoms with van der Waals surface area (Å²) in [6.07, 6.45) is 3.97. The highest BCUT2D eigenvalue weighted by atomic mass is 14.2. The van der Waals surface area contributed by atoms with Crippen LogP contribution >= 0.6 is 0 Å². The molecule has 0 N–H and O–H groups in total. The smallest absolute Gasteiger partial charge is 0.0159 e. The number of fused-ring (bicyclic) bond motifs is 1. The van der Waals surface area contributed by atoms with E-state index in [1.165, 1.54) is 19.3 Å². The van der Waals surface area contributed by atoms with Gasteiger partial charge in [-0.2, -0.15) is 0 Å². The van der Waals surface area contributed by atoms with E-state index < -0.39 is 0 Å². The Morgan fingerprint density at radius 2 is 2.18 bits per heavy atom. The quantitative estimate of drug-likeness (QED) is 0.571. The molecule has 0 spiro atoms. The first-order chi connectivity index (χ1) is 5.42. The SMILES string of the molecule is CCC1CCc2ccccc21. The molecule has 0 saturated heterocycles. The predicted molar refractivity (Wildman–Crippen MR) is 47.8 cm³/mol. The van der Waals surface area contributed by atoms with E-state index in [0.29, 0.717) is 0 Å². The summed E-state index contributed by atoms with van der Waals surface area (Å²) in [4.78, 5) is 0. The lowest BCUT2D eigenvalue weighted by molar-refractivity contribution is 0.656. The molecular weight excluding hydrogens is 132 g/mol. The van der Waals surface area contributed by atoms with Crippen molar-refractivity contribution in [2.45, 2.75) is 32.1 Å². The monoisotopic (exact) mass is 146 g/mol. The Balaban J connectivity index is 2.39. The molecule has 58 valence electrons. The minimum absolute atomic E-state index is 0.853. The fraction of sp³-hybridized carbons (Fsp3) is 0.455. The second-order valence-corrected chi connectivity index (χ2v) is 3.34. The second-order valence-electron chi connectivity index (χ2n) is 3.34. The maximum Gasteiger partial charge on any atom is -0.0159 e. The molecule has 2 rings (SSSR count). The third-order valence-corrected chi connectivity index (χ3v) is 2.75. The van der Waals surface area contributed by atoms with Gasteiger partial charge in [-0.25, -0.2) is 0 Å². The summed E-state index contributed by atoms with van der Waals surface area (Å²) in [5, 5.41) is 0. The van der Waals surface area contributed by atoms with Crippen LogP contribution in [0.1, 0.15) is 36.8 Å². The molecule has 0 bridgehead atoms. The maximum absolute atomic E-state index is 2.29. The molecule has 0 heterocycles. The largest absolute Gasteiger partial charge is 0.0648 e. The highest BCUT2D eigenvalue weighted by Gasteiger charge is 2.19. The van der Waals surface area contributed by atoms with Gasteiger partial charge >= 0.3 is 0 Å². The summed E-state index contributed by atoms with van der Waals surface area (Å²) < 4.78 is 0. The first-order valence-electron chi connectivity index (χ1n) is 4.49. The molecule has 1 aliphatic rings. The van der Waals surface area contributed by atoms with Crippen LogP contribution in [-0.4, -0.2) is 0 Å². The normalized spacial score (nSPS) is 21.7. The van der Waals surface area contributed by atoms with Crippen LogP contribution in [-0.2, 0) is 6.42 Å². The number of benzene rings is 1. The summed E-state index contributed by atoms with van der Waals surface area (Å²) in [5.41, 5.74) is 3.19. The van der Waals surface area contributed by atoms with E-state index >= 15 is 0 Å². The molecule has 1 aromatic carbocycles. The van der Waals surface area contributed by atoms with Gasteiger partial charge in [0, 0.05) is 0 Å². The van der Waals surface area contributed by atoms with E-state index in [2.05, 4.69) is 31.2 Å². The molecule has 1 unspecified atom stereocenters. The minimum atomic E-state index is 0.853. The highest BCUT2D eigenvalue weighted by molar-refractivity contribution is 5.34. The van der Waals surface area contributed by atoms with Crippen molar-refractivity contribution in [2.75, 3.05) is 0 Å². The third-order valence-electron chi connectivity index (χ3n) is 2.75. The van der Waals surface area contributed by atoms with Crippen molar-refractivity contribution < 1.29 is 0 Å². The lowest BCUT2D eigenvalue weighted by Crippen LogP contribution is -1.88. The molecule has 0 aromatic heterocycles. The maximum atomic E-state index is 2.29. The lowest BCUT2D eigenvalue weighted by atomic mass is 9.99. The number of rotatable bonds is 1. The Bertz CT molecular complexity index is 250. The van der Waals surface area contributed by atoms with Crippen LogP contribution in [0.4, 0.5) is 0 Å². The van der Waals surface area contributed by atoms with Crippen LogP contribution < -0.4 is 0 Å². The van der Waals surface area contributed by atoms with Crippen molar-refractivity contribution in [3.05, 3.63) is 35.4 Å². The van der Waals surface area contributed by atoms with Gasteiger partial charge < -0.3 is 0 Å². The van der Waals surface area contributed by atoms with Crippen LogP contribution in [0.3, 0.4) is 0 Å². The number of hydrogen-bond acceptors (Lipinski definition) is 0. The van der Waals surface area contributed by atoms with Crippen molar-refractivity contribution in [3.63, 3.8) is 0 Å². The van der Waals surface area contributed by atoms with Crippen molar-refractivity contribution in [2.24, 2.45) is 0 Å². The molecule has 0 amide bonds. The summed E-state index contributed by atoms with van der Waals surface area (Å²) in [6, 6.07) is 8.87. The van der Waals surface area contributed by atoms with E-state index in [-0.39, 0.29) is 0 Å². The Hall–Kier alpha value is -0.780. The standard InChI is InChI=1S/C11H14/c1-2-9-7-8-10-5-3-4-6-11(9)10/h3-6,9H,2,7-8H2,1H3. The summed E-state index contributed by atoms with van der Waals surface area (Å²) in [6.45, 7) is 2.28. The van der Waals surface area contributed by atoms with E-state index in [1.54, 1.807) is 11.1 Å². The second kappa shape index (κ2) is 2.69. The van der Waals surface area contributed by atoms with E-state index in [4.69, 9.17) is 0 Å². The zero-order valence-corrected chi connectivity index (χ0v) is 7.01. The molecule has 0 heteroatoms. The van der Waals surface area contributed by atoms with Gasteiger partial charge in [0.25, 0.3) is 0 Å².